The number of aryl methyl sites for hydroxylation is 1. The Balaban J connectivity index is 1.55. The Morgan fingerprint density at radius 1 is 1.08 bits per heavy atom. The fourth-order valence-corrected chi connectivity index (χ4v) is 4.44. The third-order valence-corrected chi connectivity index (χ3v) is 5.78. The molecule has 2 aliphatic rings. The number of nitrogens with zero attached hydrogens (tertiary/aromatic N) is 1. The molecule has 1 N–H and O–H groups in total. The molecule has 26 heavy (non-hydrogen) atoms. The Morgan fingerprint density at radius 3 is 2.46 bits per heavy atom. The first kappa shape index (κ1) is 16.6. The maximum absolute atomic E-state index is 12.6. The second-order valence-corrected chi connectivity index (χ2v) is 7.28. The number of rotatable bonds is 5. The largest absolute Gasteiger partial charge is 0.344 e. The summed E-state index contributed by atoms with van der Waals surface area (Å²) in [5.74, 6) is -0.0291. The van der Waals surface area contributed by atoms with Crippen LogP contribution in [0.1, 0.15) is 36.8 Å². The number of amides is 1. The van der Waals surface area contributed by atoms with E-state index in [0.717, 1.165) is 48.8 Å². The lowest BCUT2D eigenvalue weighted by atomic mass is 9.78. The molecule has 0 spiro atoms. The molecule has 0 radical (unpaired) electrons. The van der Waals surface area contributed by atoms with Gasteiger partial charge in [0.05, 0.1) is 17.5 Å². The molecule has 2 unspecified atom stereocenters. The molecule has 4 rings (SSSR count). The highest BCUT2D eigenvalue weighted by molar-refractivity contribution is 6.23. The van der Waals surface area contributed by atoms with Gasteiger partial charge >= 0.3 is 0 Å². The van der Waals surface area contributed by atoms with Gasteiger partial charge in [-0.1, -0.05) is 60.7 Å². The van der Waals surface area contributed by atoms with E-state index in [1.54, 1.807) is 0 Å². The van der Waals surface area contributed by atoms with Gasteiger partial charge in [-0.3, -0.25) is 4.79 Å². The number of fused-ring (bicyclic) bond motifs is 1. The second kappa shape index (κ2) is 6.80. The fraction of sp³-hybridized carbons (Fsp3) is 0.304. The number of hydrogen-bond donors (Lipinski definition) is 1. The van der Waals surface area contributed by atoms with Gasteiger partial charge in [0.2, 0.25) is 0 Å². The molecule has 1 aliphatic carbocycles. The van der Waals surface area contributed by atoms with Crippen molar-refractivity contribution < 1.29 is 4.79 Å². The van der Waals surface area contributed by atoms with Crippen molar-refractivity contribution in [2.24, 2.45) is 5.41 Å². The minimum atomic E-state index is -0.476. The van der Waals surface area contributed by atoms with Crippen molar-refractivity contribution in [2.45, 2.75) is 38.1 Å². The van der Waals surface area contributed by atoms with Crippen LogP contribution < -0.4 is 5.32 Å². The summed E-state index contributed by atoms with van der Waals surface area (Å²) in [5.41, 5.74) is 3.70. The molecule has 1 aliphatic heterocycles. The second-order valence-electron chi connectivity index (χ2n) is 7.28. The molecule has 2 aromatic carbocycles. The van der Waals surface area contributed by atoms with Crippen molar-refractivity contribution in [1.82, 2.24) is 5.32 Å². The van der Waals surface area contributed by atoms with Crippen LogP contribution in [-0.2, 0) is 11.2 Å². The molecular weight excluding hydrogens is 320 g/mol. The molecule has 0 aromatic heterocycles. The molecular formula is C23H22N2O. The average Bonchev–Trinajstić information content (AvgIpc) is 3.20. The van der Waals surface area contributed by atoms with E-state index in [0.29, 0.717) is 0 Å². The lowest BCUT2D eigenvalue weighted by molar-refractivity contribution is -0.115. The van der Waals surface area contributed by atoms with Crippen molar-refractivity contribution >= 4 is 11.5 Å². The zero-order valence-electron chi connectivity index (χ0n) is 14.7. The number of nitriles is 1. The highest BCUT2D eigenvalue weighted by Gasteiger charge is 2.51. The number of hydrogen-bond acceptors (Lipinski definition) is 2. The molecule has 0 bridgehead atoms. The SMILES string of the molecule is N#CC1(CCCc2ccccc2)CCC2=C(c3ccccc3)C(=O)NC21. The molecule has 130 valence electrons. The van der Waals surface area contributed by atoms with Crippen LogP contribution in [0.25, 0.3) is 5.57 Å². The van der Waals surface area contributed by atoms with Crippen LogP contribution in [0.15, 0.2) is 66.2 Å². The summed E-state index contributed by atoms with van der Waals surface area (Å²) in [7, 11) is 0. The normalized spacial score (nSPS) is 24.3. The minimum Gasteiger partial charge on any atom is -0.344 e. The van der Waals surface area contributed by atoms with E-state index < -0.39 is 5.41 Å². The minimum absolute atomic E-state index is 0.0291. The smallest absolute Gasteiger partial charge is 0.252 e. The molecule has 1 saturated carbocycles. The first-order valence-corrected chi connectivity index (χ1v) is 9.28. The van der Waals surface area contributed by atoms with Crippen LogP contribution in [0, 0.1) is 16.7 Å². The number of carbonyl (C=O) groups is 1. The van der Waals surface area contributed by atoms with E-state index in [2.05, 4.69) is 35.7 Å². The summed E-state index contributed by atoms with van der Waals surface area (Å²) in [6, 6.07) is 22.6. The quantitative estimate of drug-likeness (QED) is 0.882. The van der Waals surface area contributed by atoms with Gasteiger partial charge in [-0.2, -0.15) is 5.26 Å². The Kier molecular flexibility index (Phi) is 4.34. The third-order valence-electron chi connectivity index (χ3n) is 5.78. The van der Waals surface area contributed by atoms with Crippen LogP contribution in [0.5, 0.6) is 0 Å². The van der Waals surface area contributed by atoms with Crippen molar-refractivity contribution in [3.63, 3.8) is 0 Å². The van der Waals surface area contributed by atoms with Crippen LogP contribution in [0.2, 0.25) is 0 Å². The van der Waals surface area contributed by atoms with Gasteiger partial charge in [-0.25, -0.2) is 0 Å². The van der Waals surface area contributed by atoms with Crippen molar-refractivity contribution in [1.29, 1.82) is 5.26 Å². The predicted molar refractivity (Wildman–Crippen MR) is 102 cm³/mol. The summed E-state index contributed by atoms with van der Waals surface area (Å²) in [4.78, 5) is 12.6. The maximum Gasteiger partial charge on any atom is 0.252 e. The van der Waals surface area contributed by atoms with Crippen LogP contribution in [0.4, 0.5) is 0 Å². The number of benzene rings is 2. The standard InChI is InChI=1S/C23H22N2O/c24-16-23(14-7-10-17-8-3-1-4-9-17)15-13-19-20(22(26)25-21(19)23)18-11-5-2-6-12-18/h1-6,8-9,11-12,21H,7,10,13-15H2,(H,25,26). The monoisotopic (exact) mass is 342 g/mol. The molecule has 1 fully saturated rings. The molecule has 1 amide bonds. The summed E-state index contributed by atoms with van der Waals surface area (Å²) in [6.45, 7) is 0. The van der Waals surface area contributed by atoms with E-state index in [1.807, 2.05) is 36.4 Å². The Hall–Kier alpha value is -2.86. The van der Waals surface area contributed by atoms with Gasteiger partial charge in [0.15, 0.2) is 0 Å². The van der Waals surface area contributed by atoms with E-state index in [4.69, 9.17) is 0 Å². The molecule has 2 atom stereocenters. The summed E-state index contributed by atoms with van der Waals surface area (Å²) in [5, 5.41) is 13.1. The first-order chi connectivity index (χ1) is 12.7. The van der Waals surface area contributed by atoms with Gasteiger partial charge < -0.3 is 5.32 Å². The Labute approximate surface area is 154 Å². The van der Waals surface area contributed by atoms with E-state index >= 15 is 0 Å². The number of nitrogens with one attached hydrogen (secondary N) is 1. The van der Waals surface area contributed by atoms with Gasteiger partial charge in [0.1, 0.15) is 0 Å². The maximum atomic E-state index is 12.6. The first-order valence-electron chi connectivity index (χ1n) is 9.28. The average molecular weight is 342 g/mol. The number of carbonyl (C=O) groups excluding carboxylic acids is 1. The molecule has 3 heteroatoms. The predicted octanol–water partition coefficient (Wildman–Crippen LogP) is 4.27. The Morgan fingerprint density at radius 2 is 1.77 bits per heavy atom. The summed E-state index contributed by atoms with van der Waals surface area (Å²) in [6.07, 6.45) is 4.39. The summed E-state index contributed by atoms with van der Waals surface area (Å²) < 4.78 is 0. The Bertz CT molecular complexity index is 879. The van der Waals surface area contributed by atoms with Gasteiger partial charge in [-0.15, -0.1) is 0 Å². The van der Waals surface area contributed by atoms with E-state index in [-0.39, 0.29) is 11.9 Å². The van der Waals surface area contributed by atoms with Gasteiger partial charge in [-0.05, 0) is 48.8 Å². The summed E-state index contributed by atoms with van der Waals surface area (Å²) >= 11 is 0. The lowest BCUT2D eigenvalue weighted by Gasteiger charge is -2.27. The van der Waals surface area contributed by atoms with Crippen molar-refractivity contribution in [2.75, 3.05) is 0 Å². The molecule has 2 aromatic rings. The molecule has 0 saturated heterocycles. The molecule has 1 heterocycles. The highest BCUT2D eigenvalue weighted by atomic mass is 16.2. The highest BCUT2D eigenvalue weighted by Crippen LogP contribution is 2.49. The zero-order valence-corrected chi connectivity index (χ0v) is 14.7. The molecule has 3 nitrogen and oxygen atoms in total. The van der Waals surface area contributed by atoms with E-state index in [1.165, 1.54) is 5.56 Å². The van der Waals surface area contributed by atoms with Crippen LogP contribution >= 0.6 is 0 Å². The van der Waals surface area contributed by atoms with Crippen LogP contribution in [-0.4, -0.2) is 11.9 Å². The zero-order chi connectivity index (χ0) is 18.0. The van der Waals surface area contributed by atoms with Crippen molar-refractivity contribution in [3.05, 3.63) is 77.4 Å². The van der Waals surface area contributed by atoms with Crippen molar-refractivity contribution in [3.8, 4) is 6.07 Å². The van der Waals surface area contributed by atoms with Crippen LogP contribution in [0.3, 0.4) is 0 Å². The lowest BCUT2D eigenvalue weighted by Crippen LogP contribution is -2.40. The topological polar surface area (TPSA) is 52.9 Å². The third kappa shape index (κ3) is 2.82. The fourth-order valence-electron chi connectivity index (χ4n) is 4.44. The van der Waals surface area contributed by atoms with Gasteiger partial charge in [0, 0.05) is 5.57 Å². The van der Waals surface area contributed by atoms with E-state index in [9.17, 15) is 10.1 Å². The van der Waals surface area contributed by atoms with Gasteiger partial charge in [0.25, 0.3) is 5.91 Å².